The van der Waals surface area contributed by atoms with Crippen LogP contribution in [0, 0.1) is 0 Å². The summed E-state index contributed by atoms with van der Waals surface area (Å²) in [5, 5.41) is 2.86. The van der Waals surface area contributed by atoms with Crippen LogP contribution in [-0.2, 0) is 9.53 Å². The number of nitrogens with two attached hydrogens (primary N) is 1. The van der Waals surface area contributed by atoms with Gasteiger partial charge < -0.3 is 20.5 Å². The highest BCUT2D eigenvalue weighted by molar-refractivity contribution is 5.90. The van der Waals surface area contributed by atoms with Crippen molar-refractivity contribution in [2.45, 2.75) is 25.7 Å². The third kappa shape index (κ3) is 7.11. The van der Waals surface area contributed by atoms with Gasteiger partial charge in [-0.1, -0.05) is 6.42 Å². The zero-order valence-electron chi connectivity index (χ0n) is 12.1. The average Bonchev–Trinajstić information content (AvgIpc) is 2.46. The first kappa shape index (κ1) is 16.5. The molecule has 1 amide bonds. The van der Waals surface area contributed by atoms with E-state index in [2.05, 4.69) is 5.32 Å². The maximum atomic E-state index is 11.7. The van der Waals surface area contributed by atoms with Gasteiger partial charge in [-0.15, -0.1) is 0 Å². The number of methoxy groups -OCH3 is 1. The largest absolute Gasteiger partial charge is 0.491 e. The number of rotatable bonds is 10. The topological polar surface area (TPSA) is 73.6 Å². The molecule has 5 heteroatoms. The van der Waals surface area contributed by atoms with E-state index in [1.807, 2.05) is 24.3 Å². The Kier molecular flexibility index (Phi) is 8.42. The Morgan fingerprint density at radius 1 is 1.15 bits per heavy atom. The van der Waals surface area contributed by atoms with Crippen LogP contribution >= 0.6 is 0 Å². The van der Waals surface area contributed by atoms with Crippen LogP contribution in [-0.4, -0.2) is 32.8 Å². The third-order valence-electron chi connectivity index (χ3n) is 2.80. The first-order valence-corrected chi connectivity index (χ1v) is 6.98. The normalized spacial score (nSPS) is 10.3. The molecule has 0 saturated carbocycles. The number of carbonyl (C=O) groups excluding carboxylic acids is 1. The molecule has 0 saturated heterocycles. The number of anilines is 1. The first-order chi connectivity index (χ1) is 9.76. The van der Waals surface area contributed by atoms with Crippen molar-refractivity contribution in [2.75, 3.05) is 32.2 Å². The summed E-state index contributed by atoms with van der Waals surface area (Å²) < 4.78 is 10.4. The van der Waals surface area contributed by atoms with E-state index in [1.165, 1.54) is 0 Å². The van der Waals surface area contributed by atoms with Gasteiger partial charge in [-0.3, -0.25) is 4.79 Å². The van der Waals surface area contributed by atoms with Gasteiger partial charge in [0.25, 0.3) is 0 Å². The Hall–Kier alpha value is -1.59. The van der Waals surface area contributed by atoms with Crippen LogP contribution in [0.1, 0.15) is 25.7 Å². The van der Waals surface area contributed by atoms with Gasteiger partial charge in [0.1, 0.15) is 12.4 Å². The summed E-state index contributed by atoms with van der Waals surface area (Å²) in [6, 6.07) is 7.33. The molecule has 0 fully saturated rings. The summed E-state index contributed by atoms with van der Waals surface area (Å²) in [6.45, 7) is 1.76. The van der Waals surface area contributed by atoms with Crippen molar-refractivity contribution in [3.05, 3.63) is 24.3 Å². The van der Waals surface area contributed by atoms with Crippen LogP contribution in [0.4, 0.5) is 5.69 Å². The van der Waals surface area contributed by atoms with Crippen LogP contribution in [0.5, 0.6) is 5.75 Å². The lowest BCUT2D eigenvalue weighted by Gasteiger charge is -2.08. The summed E-state index contributed by atoms with van der Waals surface area (Å²) in [4.78, 5) is 11.7. The second kappa shape index (κ2) is 10.2. The minimum Gasteiger partial charge on any atom is -0.491 e. The second-order valence-corrected chi connectivity index (χ2v) is 4.51. The number of nitrogens with one attached hydrogen (secondary N) is 1. The van der Waals surface area contributed by atoms with Gasteiger partial charge >= 0.3 is 0 Å². The van der Waals surface area contributed by atoms with Crippen molar-refractivity contribution in [2.24, 2.45) is 5.73 Å². The van der Waals surface area contributed by atoms with Crippen molar-refractivity contribution in [1.82, 2.24) is 0 Å². The minimum absolute atomic E-state index is 0.0371. The van der Waals surface area contributed by atoms with Gasteiger partial charge in [-0.25, -0.2) is 0 Å². The lowest BCUT2D eigenvalue weighted by molar-refractivity contribution is -0.116. The third-order valence-corrected chi connectivity index (χ3v) is 2.80. The summed E-state index contributed by atoms with van der Waals surface area (Å²) in [6.07, 6.45) is 3.38. The maximum absolute atomic E-state index is 11.7. The van der Waals surface area contributed by atoms with Crippen LogP contribution in [0.15, 0.2) is 24.3 Å². The molecule has 1 rings (SSSR count). The fourth-order valence-electron chi connectivity index (χ4n) is 1.71. The smallest absolute Gasteiger partial charge is 0.224 e. The van der Waals surface area contributed by atoms with Gasteiger partial charge in [-0.05, 0) is 43.7 Å². The van der Waals surface area contributed by atoms with Crippen molar-refractivity contribution >= 4 is 11.6 Å². The van der Waals surface area contributed by atoms with Crippen molar-refractivity contribution in [3.8, 4) is 5.75 Å². The average molecular weight is 280 g/mol. The molecule has 3 N–H and O–H groups in total. The molecule has 0 radical (unpaired) electrons. The molecule has 0 heterocycles. The molecule has 1 aromatic carbocycles. The van der Waals surface area contributed by atoms with E-state index in [-0.39, 0.29) is 5.91 Å². The first-order valence-electron chi connectivity index (χ1n) is 6.98. The quantitative estimate of drug-likeness (QED) is 0.644. The number of ether oxygens (including phenoxy) is 2. The highest BCUT2D eigenvalue weighted by Gasteiger charge is 2.02. The molecule has 112 valence electrons. The van der Waals surface area contributed by atoms with Gasteiger partial charge in [0.2, 0.25) is 5.91 Å². The molecule has 1 aromatic rings. The maximum Gasteiger partial charge on any atom is 0.224 e. The molecule has 0 aliphatic rings. The van der Waals surface area contributed by atoms with Gasteiger partial charge in [0.05, 0.1) is 6.61 Å². The van der Waals surface area contributed by atoms with Crippen molar-refractivity contribution < 1.29 is 14.3 Å². The Morgan fingerprint density at radius 2 is 1.90 bits per heavy atom. The van der Waals surface area contributed by atoms with Gasteiger partial charge in [0, 0.05) is 19.2 Å². The molecule has 0 aromatic heterocycles. The van der Waals surface area contributed by atoms with Gasteiger partial charge in [-0.2, -0.15) is 0 Å². The van der Waals surface area contributed by atoms with Crippen LogP contribution < -0.4 is 15.8 Å². The molecular weight excluding hydrogens is 256 g/mol. The predicted molar refractivity (Wildman–Crippen MR) is 80.0 cm³/mol. The fourth-order valence-corrected chi connectivity index (χ4v) is 1.71. The SMILES string of the molecule is COCCOc1ccc(NC(=O)CCCCCN)cc1. The summed E-state index contributed by atoms with van der Waals surface area (Å²) in [5.74, 6) is 0.804. The van der Waals surface area contributed by atoms with Crippen molar-refractivity contribution in [1.29, 1.82) is 0 Å². The Balaban J connectivity index is 2.27. The lowest BCUT2D eigenvalue weighted by Crippen LogP contribution is -2.11. The second-order valence-electron chi connectivity index (χ2n) is 4.51. The Bertz CT molecular complexity index is 379. The van der Waals surface area contributed by atoms with Crippen LogP contribution in [0.3, 0.4) is 0 Å². The molecular formula is C15H24N2O3. The summed E-state index contributed by atoms with van der Waals surface area (Å²) in [7, 11) is 1.63. The number of amides is 1. The number of benzene rings is 1. The molecule has 0 spiro atoms. The van der Waals surface area contributed by atoms with Crippen LogP contribution in [0.2, 0.25) is 0 Å². The van der Waals surface area contributed by atoms with E-state index in [1.54, 1.807) is 7.11 Å². The minimum atomic E-state index is 0.0371. The molecule has 0 atom stereocenters. The zero-order chi connectivity index (χ0) is 14.6. The molecule has 0 unspecified atom stereocenters. The van der Waals surface area contributed by atoms with Crippen LogP contribution in [0.25, 0.3) is 0 Å². The monoisotopic (exact) mass is 280 g/mol. The van der Waals surface area contributed by atoms with Crippen molar-refractivity contribution in [3.63, 3.8) is 0 Å². The number of hydrogen-bond donors (Lipinski definition) is 2. The van der Waals surface area contributed by atoms with E-state index in [0.29, 0.717) is 26.2 Å². The number of hydrogen-bond acceptors (Lipinski definition) is 4. The zero-order valence-corrected chi connectivity index (χ0v) is 12.1. The molecule has 0 aliphatic heterocycles. The van der Waals surface area contributed by atoms with Gasteiger partial charge in [0.15, 0.2) is 0 Å². The Labute approximate surface area is 120 Å². The number of carbonyl (C=O) groups is 1. The fraction of sp³-hybridized carbons (Fsp3) is 0.533. The molecule has 20 heavy (non-hydrogen) atoms. The lowest BCUT2D eigenvalue weighted by atomic mass is 10.2. The van der Waals surface area contributed by atoms with E-state index >= 15 is 0 Å². The number of unbranched alkanes of at least 4 members (excludes halogenated alkanes) is 2. The van der Waals surface area contributed by atoms with E-state index in [9.17, 15) is 4.79 Å². The standard InChI is InChI=1S/C15H24N2O3/c1-19-11-12-20-14-8-6-13(7-9-14)17-15(18)5-3-2-4-10-16/h6-9H,2-5,10-12,16H2,1H3,(H,17,18). The molecule has 0 aliphatic carbocycles. The molecule has 0 bridgehead atoms. The predicted octanol–water partition coefficient (Wildman–Crippen LogP) is 2.17. The summed E-state index contributed by atoms with van der Waals surface area (Å²) in [5.41, 5.74) is 6.19. The van der Waals surface area contributed by atoms with E-state index < -0.39 is 0 Å². The van der Waals surface area contributed by atoms with E-state index in [0.717, 1.165) is 30.7 Å². The summed E-state index contributed by atoms with van der Waals surface area (Å²) >= 11 is 0. The van der Waals surface area contributed by atoms with E-state index in [4.69, 9.17) is 15.2 Å². The highest BCUT2D eigenvalue weighted by Crippen LogP contribution is 2.16. The molecule has 5 nitrogen and oxygen atoms in total. The highest BCUT2D eigenvalue weighted by atomic mass is 16.5. The Morgan fingerprint density at radius 3 is 2.55 bits per heavy atom.